The SMILES string of the molecule is Cc1cc([N+](=O)[O-])ccc1NC(=O)NC[C@](C)(O)c1cccs1. The number of benzene rings is 1. The maximum atomic E-state index is 11.9. The molecule has 0 aliphatic rings. The van der Waals surface area contributed by atoms with Crippen molar-refractivity contribution in [3.05, 3.63) is 56.3 Å². The molecule has 0 aliphatic heterocycles. The molecule has 8 heteroatoms. The number of carbonyl (C=O) groups is 1. The Hall–Kier alpha value is -2.45. The molecule has 0 aliphatic carbocycles. The van der Waals surface area contributed by atoms with E-state index in [1.807, 2.05) is 11.4 Å². The van der Waals surface area contributed by atoms with Crippen molar-refractivity contribution < 1.29 is 14.8 Å². The lowest BCUT2D eigenvalue weighted by molar-refractivity contribution is -0.384. The Kier molecular flexibility index (Phi) is 4.97. The lowest BCUT2D eigenvalue weighted by Gasteiger charge is -2.22. The number of nitro benzene ring substituents is 1. The second-order valence-corrected chi connectivity index (χ2v) is 6.26. The molecule has 2 aromatic rings. The summed E-state index contributed by atoms with van der Waals surface area (Å²) in [4.78, 5) is 22.9. The minimum Gasteiger partial charge on any atom is -0.383 e. The standard InChI is InChI=1S/C15H17N3O4S/c1-10-8-11(18(21)22)5-6-12(10)17-14(19)16-9-15(2,20)13-4-3-7-23-13/h3-8,20H,9H2,1-2H3,(H2,16,17,19)/t15-/m0/s1. The molecule has 23 heavy (non-hydrogen) atoms. The summed E-state index contributed by atoms with van der Waals surface area (Å²) in [5.74, 6) is 0. The first kappa shape index (κ1) is 16.9. The monoisotopic (exact) mass is 335 g/mol. The van der Waals surface area contributed by atoms with E-state index in [4.69, 9.17) is 0 Å². The van der Waals surface area contributed by atoms with Crippen molar-refractivity contribution in [2.75, 3.05) is 11.9 Å². The molecule has 0 fully saturated rings. The number of anilines is 1. The first-order valence-corrected chi connectivity index (χ1v) is 7.74. The van der Waals surface area contributed by atoms with E-state index in [9.17, 15) is 20.0 Å². The van der Waals surface area contributed by atoms with Crippen LogP contribution in [0.15, 0.2) is 35.7 Å². The Morgan fingerprint density at radius 2 is 2.17 bits per heavy atom. The number of nitro groups is 1. The normalized spacial score (nSPS) is 13.2. The average Bonchev–Trinajstić information content (AvgIpc) is 3.02. The molecule has 1 aromatic carbocycles. The highest BCUT2D eigenvalue weighted by Gasteiger charge is 2.24. The summed E-state index contributed by atoms with van der Waals surface area (Å²) < 4.78 is 0. The summed E-state index contributed by atoms with van der Waals surface area (Å²) in [6.07, 6.45) is 0. The molecule has 1 atom stereocenters. The third-order valence-corrected chi connectivity index (χ3v) is 4.44. The minimum absolute atomic E-state index is 0.0333. The predicted molar refractivity (Wildman–Crippen MR) is 88.7 cm³/mol. The van der Waals surface area contributed by atoms with Gasteiger partial charge in [-0.3, -0.25) is 10.1 Å². The van der Waals surface area contributed by atoms with Crippen molar-refractivity contribution in [1.82, 2.24) is 5.32 Å². The van der Waals surface area contributed by atoms with Crippen molar-refractivity contribution in [3.63, 3.8) is 0 Å². The number of amides is 2. The van der Waals surface area contributed by atoms with Crippen molar-refractivity contribution in [1.29, 1.82) is 0 Å². The van der Waals surface area contributed by atoms with Crippen LogP contribution in [0.3, 0.4) is 0 Å². The number of carbonyl (C=O) groups excluding carboxylic acids is 1. The van der Waals surface area contributed by atoms with Crippen LogP contribution in [0.4, 0.5) is 16.2 Å². The molecule has 0 bridgehead atoms. The molecule has 1 aromatic heterocycles. The molecule has 0 saturated carbocycles. The van der Waals surface area contributed by atoms with Crippen molar-refractivity contribution >= 4 is 28.7 Å². The van der Waals surface area contributed by atoms with Crippen LogP contribution in [0, 0.1) is 17.0 Å². The largest absolute Gasteiger partial charge is 0.383 e. The molecule has 2 amide bonds. The van der Waals surface area contributed by atoms with Gasteiger partial charge in [-0.2, -0.15) is 0 Å². The van der Waals surface area contributed by atoms with E-state index >= 15 is 0 Å². The van der Waals surface area contributed by atoms with Gasteiger partial charge in [0.05, 0.1) is 11.5 Å². The number of nitrogens with zero attached hydrogens (tertiary/aromatic N) is 1. The summed E-state index contributed by atoms with van der Waals surface area (Å²) in [6, 6.07) is 7.32. The Balaban J connectivity index is 1.96. The molecule has 122 valence electrons. The zero-order chi connectivity index (χ0) is 17.0. The van der Waals surface area contributed by atoms with Gasteiger partial charge >= 0.3 is 6.03 Å². The smallest absolute Gasteiger partial charge is 0.319 e. The molecule has 3 N–H and O–H groups in total. The number of non-ortho nitro benzene ring substituents is 1. The molecule has 0 unspecified atom stereocenters. The van der Waals surface area contributed by atoms with Crippen LogP contribution in [-0.4, -0.2) is 22.6 Å². The van der Waals surface area contributed by atoms with Gasteiger partial charge in [0.15, 0.2) is 0 Å². The van der Waals surface area contributed by atoms with Crippen molar-refractivity contribution in [2.45, 2.75) is 19.4 Å². The Labute approximate surface area is 137 Å². The van der Waals surface area contributed by atoms with Gasteiger partial charge in [0, 0.05) is 22.7 Å². The third-order valence-electron chi connectivity index (χ3n) is 3.31. The number of aryl methyl sites for hydroxylation is 1. The van der Waals surface area contributed by atoms with E-state index < -0.39 is 16.6 Å². The summed E-state index contributed by atoms with van der Waals surface area (Å²) in [6.45, 7) is 3.34. The Morgan fingerprint density at radius 1 is 1.43 bits per heavy atom. The average molecular weight is 335 g/mol. The van der Waals surface area contributed by atoms with E-state index in [-0.39, 0.29) is 12.2 Å². The maximum absolute atomic E-state index is 11.9. The minimum atomic E-state index is -1.16. The van der Waals surface area contributed by atoms with Crippen LogP contribution in [-0.2, 0) is 5.60 Å². The lowest BCUT2D eigenvalue weighted by atomic mass is 10.1. The molecule has 0 spiro atoms. The lowest BCUT2D eigenvalue weighted by Crippen LogP contribution is -2.40. The summed E-state index contributed by atoms with van der Waals surface area (Å²) in [5.41, 5.74) is -0.131. The second-order valence-electron chi connectivity index (χ2n) is 5.32. The van der Waals surface area contributed by atoms with E-state index in [0.29, 0.717) is 11.3 Å². The van der Waals surface area contributed by atoms with Crippen LogP contribution in [0.1, 0.15) is 17.4 Å². The molecule has 1 heterocycles. The molecule has 2 rings (SSSR count). The van der Waals surface area contributed by atoms with Crippen LogP contribution in [0.25, 0.3) is 0 Å². The fraction of sp³-hybridized carbons (Fsp3) is 0.267. The van der Waals surface area contributed by atoms with Crippen molar-refractivity contribution in [3.8, 4) is 0 Å². The van der Waals surface area contributed by atoms with Gasteiger partial charge in [-0.1, -0.05) is 6.07 Å². The Bertz CT molecular complexity index is 714. The molecular weight excluding hydrogens is 318 g/mol. The van der Waals surface area contributed by atoms with Gasteiger partial charge < -0.3 is 15.7 Å². The van der Waals surface area contributed by atoms with E-state index in [0.717, 1.165) is 4.88 Å². The summed E-state index contributed by atoms with van der Waals surface area (Å²) in [5, 5.41) is 28.1. The highest BCUT2D eigenvalue weighted by atomic mass is 32.1. The third kappa shape index (κ3) is 4.27. The van der Waals surface area contributed by atoms with Gasteiger partial charge in [-0.15, -0.1) is 11.3 Å². The Morgan fingerprint density at radius 3 is 2.74 bits per heavy atom. The first-order valence-electron chi connectivity index (χ1n) is 6.86. The van der Waals surface area contributed by atoms with Gasteiger partial charge in [0.1, 0.15) is 5.60 Å². The zero-order valence-electron chi connectivity index (χ0n) is 12.7. The van der Waals surface area contributed by atoms with Crippen LogP contribution in [0.2, 0.25) is 0 Å². The van der Waals surface area contributed by atoms with Gasteiger partial charge in [0.2, 0.25) is 0 Å². The van der Waals surface area contributed by atoms with E-state index in [1.165, 1.54) is 29.5 Å². The van der Waals surface area contributed by atoms with Crippen LogP contribution >= 0.6 is 11.3 Å². The highest BCUT2D eigenvalue weighted by molar-refractivity contribution is 7.10. The van der Waals surface area contributed by atoms with Crippen molar-refractivity contribution in [2.24, 2.45) is 0 Å². The number of hydrogen-bond donors (Lipinski definition) is 3. The number of hydrogen-bond acceptors (Lipinski definition) is 5. The molecule has 7 nitrogen and oxygen atoms in total. The summed E-state index contributed by atoms with van der Waals surface area (Å²) in [7, 11) is 0. The molecule has 0 radical (unpaired) electrons. The number of rotatable bonds is 5. The second kappa shape index (κ2) is 6.76. The number of urea groups is 1. The fourth-order valence-corrected chi connectivity index (χ4v) is 2.78. The zero-order valence-corrected chi connectivity index (χ0v) is 13.5. The first-order chi connectivity index (χ1) is 10.8. The quantitative estimate of drug-likeness (QED) is 0.577. The fourth-order valence-electron chi connectivity index (χ4n) is 1.99. The number of thiophene rings is 1. The van der Waals surface area contributed by atoms with Gasteiger partial charge in [-0.05, 0) is 36.9 Å². The van der Waals surface area contributed by atoms with Gasteiger partial charge in [-0.25, -0.2) is 4.79 Å². The molecular formula is C15H17N3O4S. The number of nitrogens with one attached hydrogen (secondary N) is 2. The predicted octanol–water partition coefficient (Wildman–Crippen LogP) is 2.99. The molecule has 0 saturated heterocycles. The van der Waals surface area contributed by atoms with Crippen LogP contribution in [0.5, 0.6) is 0 Å². The summed E-state index contributed by atoms with van der Waals surface area (Å²) >= 11 is 1.41. The van der Waals surface area contributed by atoms with E-state index in [1.54, 1.807) is 19.9 Å². The highest BCUT2D eigenvalue weighted by Crippen LogP contribution is 2.24. The maximum Gasteiger partial charge on any atom is 0.319 e. The number of aliphatic hydroxyl groups is 1. The van der Waals surface area contributed by atoms with Gasteiger partial charge in [0.25, 0.3) is 5.69 Å². The van der Waals surface area contributed by atoms with Crippen LogP contribution < -0.4 is 10.6 Å². The topological polar surface area (TPSA) is 105 Å². The van der Waals surface area contributed by atoms with E-state index in [2.05, 4.69) is 10.6 Å².